The molecule has 0 unspecified atom stereocenters. The number of fused-ring (bicyclic) bond motifs is 6. The average Bonchev–Trinajstić information content (AvgIpc) is 3.69. The van der Waals surface area contributed by atoms with E-state index in [0.717, 1.165) is 66.5 Å². The Bertz CT molecular complexity index is 2850. The van der Waals surface area contributed by atoms with Crippen LogP contribution in [-0.4, -0.2) is 9.13 Å². The SMILES string of the molecule is N#Cc1ccc(-c2ccccc2-n2c3ccc(C#N)cc3c3cc(C#N)ccc32)c(-c2cccc(-n3c4ccccc4c4ccccc43)c2)c1. The molecule has 0 amide bonds. The molecule has 0 spiro atoms. The molecule has 0 N–H and O–H groups in total. The predicted molar refractivity (Wildman–Crippen MR) is 200 cm³/mol. The van der Waals surface area contributed by atoms with Gasteiger partial charge in [0.15, 0.2) is 0 Å². The van der Waals surface area contributed by atoms with Gasteiger partial charge in [0.05, 0.1) is 62.7 Å². The van der Waals surface area contributed by atoms with Crippen LogP contribution in [0, 0.1) is 34.0 Å². The fourth-order valence-electron chi connectivity index (χ4n) is 7.42. The summed E-state index contributed by atoms with van der Waals surface area (Å²) in [4.78, 5) is 0. The lowest BCUT2D eigenvalue weighted by atomic mass is 9.91. The van der Waals surface area contributed by atoms with Gasteiger partial charge >= 0.3 is 0 Å². The minimum absolute atomic E-state index is 0.560. The number of nitrogens with zero attached hydrogens (tertiary/aromatic N) is 5. The van der Waals surface area contributed by atoms with Crippen molar-refractivity contribution in [2.75, 3.05) is 0 Å². The molecular weight excluding hydrogens is 611 g/mol. The Kier molecular flexibility index (Phi) is 6.56. The molecule has 0 saturated carbocycles. The highest BCUT2D eigenvalue weighted by Gasteiger charge is 2.19. The standard InChI is InChI=1S/C45H25N5/c46-26-29-16-19-34(38(22-29)32-8-7-9-33(25-32)49-41-13-4-2-11-36(41)37-12-3-5-14-42(37)49)35-10-1-6-15-43(35)50-44-20-17-30(27-47)23-39(44)40-24-31(28-48)18-21-45(40)50/h1-25H. The molecule has 0 atom stereocenters. The molecule has 0 aliphatic carbocycles. The lowest BCUT2D eigenvalue weighted by molar-refractivity contribution is 1.18. The smallest absolute Gasteiger partial charge is 0.0991 e. The zero-order valence-corrected chi connectivity index (χ0v) is 26.7. The van der Waals surface area contributed by atoms with E-state index >= 15 is 0 Å². The highest BCUT2D eigenvalue weighted by Crippen LogP contribution is 2.41. The van der Waals surface area contributed by atoms with Gasteiger partial charge in [-0.15, -0.1) is 0 Å². The van der Waals surface area contributed by atoms with E-state index in [-0.39, 0.29) is 0 Å². The highest BCUT2D eigenvalue weighted by atomic mass is 15.0. The van der Waals surface area contributed by atoms with E-state index in [9.17, 15) is 15.8 Å². The van der Waals surface area contributed by atoms with Crippen LogP contribution in [0.5, 0.6) is 0 Å². The molecule has 2 aromatic heterocycles. The second kappa shape index (κ2) is 11.4. The Morgan fingerprint density at radius 3 is 1.54 bits per heavy atom. The van der Waals surface area contributed by atoms with E-state index in [4.69, 9.17) is 0 Å². The zero-order valence-electron chi connectivity index (χ0n) is 26.7. The normalized spacial score (nSPS) is 11.1. The van der Waals surface area contributed by atoms with Gasteiger partial charge in [0.1, 0.15) is 0 Å². The van der Waals surface area contributed by atoms with Crippen LogP contribution in [0.2, 0.25) is 0 Å². The fraction of sp³-hybridized carbons (Fsp3) is 0. The van der Waals surface area contributed by atoms with E-state index < -0.39 is 0 Å². The number of aromatic nitrogens is 2. The van der Waals surface area contributed by atoms with Crippen molar-refractivity contribution in [2.24, 2.45) is 0 Å². The monoisotopic (exact) mass is 635 g/mol. The van der Waals surface area contributed by atoms with Crippen molar-refractivity contribution in [2.45, 2.75) is 0 Å². The number of rotatable bonds is 4. The molecule has 0 radical (unpaired) electrons. The molecule has 7 aromatic carbocycles. The molecule has 230 valence electrons. The molecule has 50 heavy (non-hydrogen) atoms. The molecular formula is C45H25N5. The summed E-state index contributed by atoms with van der Waals surface area (Å²) in [7, 11) is 0. The lowest BCUT2D eigenvalue weighted by Crippen LogP contribution is -1.99. The summed E-state index contributed by atoms with van der Waals surface area (Å²) in [6, 6.07) is 57.9. The van der Waals surface area contributed by atoms with Crippen molar-refractivity contribution in [1.82, 2.24) is 9.13 Å². The van der Waals surface area contributed by atoms with Crippen molar-refractivity contribution < 1.29 is 0 Å². The van der Waals surface area contributed by atoms with Crippen LogP contribution in [0.4, 0.5) is 0 Å². The van der Waals surface area contributed by atoms with Crippen LogP contribution >= 0.6 is 0 Å². The minimum atomic E-state index is 0.560. The van der Waals surface area contributed by atoms with Crippen molar-refractivity contribution in [3.8, 4) is 51.8 Å². The Morgan fingerprint density at radius 1 is 0.360 bits per heavy atom. The summed E-state index contributed by atoms with van der Waals surface area (Å²) >= 11 is 0. The number of benzene rings is 7. The van der Waals surface area contributed by atoms with Gasteiger partial charge in [-0.25, -0.2) is 0 Å². The first-order chi connectivity index (χ1) is 24.7. The van der Waals surface area contributed by atoms with Crippen LogP contribution in [0.15, 0.2) is 152 Å². The number of para-hydroxylation sites is 3. The number of hydrogen-bond acceptors (Lipinski definition) is 3. The van der Waals surface area contributed by atoms with E-state index in [0.29, 0.717) is 16.7 Å². The van der Waals surface area contributed by atoms with E-state index in [2.05, 4.69) is 112 Å². The molecule has 9 rings (SSSR count). The minimum Gasteiger partial charge on any atom is -0.309 e. The topological polar surface area (TPSA) is 81.2 Å². The van der Waals surface area contributed by atoms with Gasteiger partial charge in [0.25, 0.3) is 0 Å². The average molecular weight is 636 g/mol. The summed E-state index contributed by atoms with van der Waals surface area (Å²) < 4.78 is 4.51. The van der Waals surface area contributed by atoms with Crippen molar-refractivity contribution in [3.05, 3.63) is 168 Å². The van der Waals surface area contributed by atoms with Crippen molar-refractivity contribution >= 4 is 43.6 Å². The van der Waals surface area contributed by atoms with Gasteiger partial charge in [0, 0.05) is 32.8 Å². The van der Waals surface area contributed by atoms with E-state index in [1.807, 2.05) is 66.7 Å². The maximum Gasteiger partial charge on any atom is 0.0991 e. The lowest BCUT2D eigenvalue weighted by Gasteiger charge is -2.18. The van der Waals surface area contributed by atoms with Crippen LogP contribution in [0.3, 0.4) is 0 Å². The second-order valence-corrected chi connectivity index (χ2v) is 12.3. The Morgan fingerprint density at radius 2 is 0.900 bits per heavy atom. The maximum atomic E-state index is 10.0. The number of hydrogen-bond donors (Lipinski definition) is 0. The van der Waals surface area contributed by atoms with Crippen LogP contribution in [0.1, 0.15) is 16.7 Å². The molecule has 0 fully saturated rings. The molecule has 9 aromatic rings. The Labute approximate surface area is 287 Å². The Balaban J connectivity index is 1.29. The quantitative estimate of drug-likeness (QED) is 0.193. The predicted octanol–water partition coefficient (Wildman–Crippen LogP) is 10.8. The van der Waals surface area contributed by atoms with Gasteiger partial charge < -0.3 is 9.13 Å². The first kappa shape index (κ1) is 28.8. The van der Waals surface area contributed by atoms with Crippen molar-refractivity contribution in [1.29, 1.82) is 15.8 Å². The molecule has 5 heteroatoms. The zero-order chi connectivity index (χ0) is 33.8. The van der Waals surface area contributed by atoms with Crippen LogP contribution in [0.25, 0.3) is 77.2 Å². The summed E-state index contributed by atoms with van der Waals surface area (Å²) in [5, 5.41) is 33.7. The van der Waals surface area contributed by atoms with E-state index in [1.165, 1.54) is 10.8 Å². The first-order valence-corrected chi connectivity index (χ1v) is 16.3. The fourth-order valence-corrected chi connectivity index (χ4v) is 7.42. The third-order valence-corrected chi connectivity index (χ3v) is 9.60. The largest absolute Gasteiger partial charge is 0.309 e. The first-order valence-electron chi connectivity index (χ1n) is 16.3. The van der Waals surface area contributed by atoms with Crippen LogP contribution in [-0.2, 0) is 0 Å². The summed E-state index contributed by atoms with van der Waals surface area (Å²) in [5.41, 5.74) is 11.7. The molecule has 0 saturated heterocycles. The van der Waals surface area contributed by atoms with Gasteiger partial charge in [-0.1, -0.05) is 72.8 Å². The van der Waals surface area contributed by atoms with Gasteiger partial charge in [0.2, 0.25) is 0 Å². The van der Waals surface area contributed by atoms with Gasteiger partial charge in [-0.05, 0) is 95.6 Å². The van der Waals surface area contributed by atoms with Gasteiger partial charge in [-0.2, -0.15) is 15.8 Å². The highest BCUT2D eigenvalue weighted by molar-refractivity contribution is 6.11. The summed E-state index contributed by atoms with van der Waals surface area (Å²) in [6.45, 7) is 0. The molecule has 2 heterocycles. The van der Waals surface area contributed by atoms with Crippen LogP contribution < -0.4 is 0 Å². The molecule has 0 aliphatic heterocycles. The third kappa shape index (κ3) is 4.38. The second-order valence-electron chi connectivity index (χ2n) is 12.3. The third-order valence-electron chi connectivity index (χ3n) is 9.60. The molecule has 0 bridgehead atoms. The van der Waals surface area contributed by atoms with Crippen molar-refractivity contribution in [3.63, 3.8) is 0 Å². The van der Waals surface area contributed by atoms with Gasteiger partial charge in [-0.3, -0.25) is 0 Å². The summed E-state index contributed by atoms with van der Waals surface area (Å²) in [5.74, 6) is 0. The van der Waals surface area contributed by atoms with E-state index in [1.54, 1.807) is 0 Å². The Hall–Kier alpha value is -7.39. The number of nitriles is 3. The molecule has 0 aliphatic rings. The molecule has 5 nitrogen and oxygen atoms in total. The maximum absolute atomic E-state index is 10.0. The summed E-state index contributed by atoms with van der Waals surface area (Å²) in [6.07, 6.45) is 0.